The molecule has 3 aromatic rings. The molecule has 5 heteroatoms. The Labute approximate surface area is 179 Å². The first-order chi connectivity index (χ1) is 14.5. The van der Waals surface area contributed by atoms with Crippen molar-refractivity contribution < 1.29 is 9.53 Å². The van der Waals surface area contributed by atoms with Gasteiger partial charge in [0.05, 0.1) is 18.1 Å². The fourth-order valence-corrected chi connectivity index (χ4v) is 4.68. The van der Waals surface area contributed by atoms with Gasteiger partial charge in [-0.1, -0.05) is 76.2 Å². The molecular formula is C25H29BN2O2. The number of hydrogen-bond acceptors (Lipinski definition) is 4. The van der Waals surface area contributed by atoms with Crippen LogP contribution in [0.2, 0.25) is 5.82 Å². The normalized spacial score (nSPS) is 15.3. The largest absolute Gasteiger partial charge is 0.479 e. The maximum absolute atomic E-state index is 13.3. The summed E-state index contributed by atoms with van der Waals surface area (Å²) in [6.07, 6.45) is 4.35. The van der Waals surface area contributed by atoms with E-state index in [2.05, 4.69) is 25.8 Å². The van der Waals surface area contributed by atoms with E-state index in [1.807, 2.05) is 42.5 Å². The Hall–Kier alpha value is -2.69. The van der Waals surface area contributed by atoms with Gasteiger partial charge in [-0.3, -0.25) is 0 Å². The van der Waals surface area contributed by atoms with Gasteiger partial charge in [-0.2, -0.15) is 0 Å². The predicted octanol–water partition coefficient (Wildman–Crippen LogP) is 5.83. The van der Waals surface area contributed by atoms with Crippen LogP contribution < -0.4 is 4.74 Å². The third-order valence-electron chi connectivity index (χ3n) is 6.73. The first-order valence-electron chi connectivity index (χ1n) is 11.0. The highest BCUT2D eigenvalue weighted by atomic mass is 16.5. The van der Waals surface area contributed by atoms with Crippen LogP contribution in [0.3, 0.4) is 0 Å². The molecule has 2 unspecified atom stereocenters. The van der Waals surface area contributed by atoms with E-state index in [4.69, 9.17) is 9.72 Å². The maximum atomic E-state index is 13.3. The quantitative estimate of drug-likeness (QED) is 0.468. The lowest BCUT2D eigenvalue weighted by Crippen LogP contribution is -2.30. The van der Waals surface area contributed by atoms with Crippen LogP contribution in [-0.4, -0.2) is 29.5 Å². The molecule has 0 bridgehead atoms. The minimum atomic E-state index is 0.0346. The van der Waals surface area contributed by atoms with Crippen LogP contribution in [0.5, 0.6) is 5.88 Å². The molecule has 0 N–H and O–H groups in total. The molecule has 0 spiro atoms. The monoisotopic (exact) mass is 400 g/mol. The lowest BCUT2D eigenvalue weighted by molar-refractivity contribution is 0.107. The van der Waals surface area contributed by atoms with E-state index in [9.17, 15) is 4.79 Å². The topological polar surface area (TPSA) is 52.1 Å². The van der Waals surface area contributed by atoms with Gasteiger partial charge in [-0.05, 0) is 29.9 Å². The van der Waals surface area contributed by atoms with Gasteiger partial charge in [-0.15, -0.1) is 0 Å². The standard InChI is InChI=1S/C25H29BN2O2/c1-5-6-10-16(2)17(3)26-15-20-18(11-9-12-19(20)24(26)29)23-25(30-4)28-22-14-8-7-13-21(22)27-23/h7-9,11-14,16-17H,5-6,10,15H2,1-4H3. The van der Waals surface area contributed by atoms with Crippen molar-refractivity contribution in [2.24, 2.45) is 5.92 Å². The molecule has 0 saturated carbocycles. The Morgan fingerprint density at radius 1 is 1.03 bits per heavy atom. The smallest absolute Gasteiger partial charge is 0.240 e. The van der Waals surface area contributed by atoms with E-state index in [-0.39, 0.29) is 12.4 Å². The number of para-hydroxylation sites is 2. The van der Waals surface area contributed by atoms with E-state index in [1.165, 1.54) is 19.3 Å². The Morgan fingerprint density at radius 2 is 1.73 bits per heavy atom. The van der Waals surface area contributed by atoms with Crippen LogP contribution in [0.4, 0.5) is 0 Å². The molecule has 0 radical (unpaired) electrons. The minimum Gasteiger partial charge on any atom is -0.479 e. The number of hydrogen-bond donors (Lipinski definition) is 0. The molecule has 0 aliphatic carbocycles. The van der Waals surface area contributed by atoms with Crippen LogP contribution in [0.25, 0.3) is 22.3 Å². The van der Waals surface area contributed by atoms with Gasteiger partial charge in [0, 0.05) is 11.1 Å². The van der Waals surface area contributed by atoms with E-state index < -0.39 is 0 Å². The van der Waals surface area contributed by atoms with E-state index >= 15 is 0 Å². The number of nitrogens with zero attached hydrogens (tertiary/aromatic N) is 2. The number of methoxy groups -OCH3 is 1. The summed E-state index contributed by atoms with van der Waals surface area (Å²) >= 11 is 0. The second kappa shape index (κ2) is 8.59. The summed E-state index contributed by atoms with van der Waals surface area (Å²) < 4.78 is 5.59. The highest BCUT2D eigenvalue weighted by Crippen LogP contribution is 2.39. The van der Waals surface area contributed by atoms with E-state index in [1.54, 1.807) is 7.11 Å². The average molecular weight is 400 g/mol. The molecule has 0 fully saturated rings. The molecule has 30 heavy (non-hydrogen) atoms. The van der Waals surface area contributed by atoms with Gasteiger partial charge < -0.3 is 9.53 Å². The Balaban J connectivity index is 1.74. The predicted molar refractivity (Wildman–Crippen MR) is 123 cm³/mol. The van der Waals surface area contributed by atoms with Crippen LogP contribution in [-0.2, 0) is 6.32 Å². The zero-order valence-electron chi connectivity index (χ0n) is 18.3. The first kappa shape index (κ1) is 20.6. The molecule has 2 heterocycles. The minimum absolute atomic E-state index is 0.0346. The molecule has 2 atom stereocenters. The number of benzene rings is 2. The number of aromatic nitrogens is 2. The maximum Gasteiger partial charge on any atom is 0.240 e. The molecule has 4 rings (SSSR count). The SMILES string of the molecule is CCCCC(C)C(C)B1Cc2c(cccc2-c2nc3ccccc3nc2OC)C1=O. The second-order valence-electron chi connectivity index (χ2n) is 8.56. The van der Waals surface area contributed by atoms with Crippen molar-refractivity contribution in [3.05, 3.63) is 53.6 Å². The van der Waals surface area contributed by atoms with Gasteiger partial charge in [0.15, 0.2) is 0 Å². The van der Waals surface area contributed by atoms with Gasteiger partial charge >= 0.3 is 0 Å². The van der Waals surface area contributed by atoms with Crippen molar-refractivity contribution in [3.8, 4) is 17.1 Å². The molecule has 1 aromatic heterocycles. The lowest BCUT2D eigenvalue weighted by Gasteiger charge is -2.22. The number of unbranched alkanes of at least 4 members (excludes halogenated alkanes) is 1. The van der Waals surface area contributed by atoms with Crippen molar-refractivity contribution in [1.29, 1.82) is 0 Å². The summed E-state index contributed by atoms with van der Waals surface area (Å²) in [4.78, 5) is 22.8. The Kier molecular flexibility index (Phi) is 5.89. The fraction of sp³-hybridized carbons (Fsp3) is 0.400. The van der Waals surface area contributed by atoms with Crippen LogP contribution >= 0.6 is 0 Å². The first-order valence-corrected chi connectivity index (χ1v) is 11.0. The van der Waals surface area contributed by atoms with Crippen molar-refractivity contribution in [1.82, 2.24) is 9.97 Å². The summed E-state index contributed by atoms with van der Waals surface area (Å²) in [5.74, 6) is 1.39. The van der Waals surface area contributed by atoms with Crippen LogP contribution in [0.1, 0.15) is 56.0 Å². The van der Waals surface area contributed by atoms with Gasteiger partial charge in [0.1, 0.15) is 11.4 Å². The van der Waals surface area contributed by atoms with Gasteiger partial charge in [0.2, 0.25) is 12.6 Å². The summed E-state index contributed by atoms with van der Waals surface area (Å²) in [5, 5.41) is 0. The fourth-order valence-electron chi connectivity index (χ4n) is 4.68. The van der Waals surface area contributed by atoms with Crippen molar-refractivity contribution >= 4 is 23.4 Å². The summed E-state index contributed by atoms with van der Waals surface area (Å²) in [5.41, 5.74) is 5.51. The number of ether oxygens (including phenoxy) is 1. The van der Waals surface area contributed by atoms with Crippen molar-refractivity contribution in [2.75, 3.05) is 7.11 Å². The summed E-state index contributed by atoms with van der Waals surface area (Å²) in [6, 6.07) is 13.8. The van der Waals surface area contributed by atoms with Crippen LogP contribution in [0, 0.1) is 5.92 Å². The Morgan fingerprint density at radius 3 is 2.43 bits per heavy atom. The number of carbonyl (C=O) groups excluding carboxylic acids is 1. The molecule has 0 amide bonds. The highest BCUT2D eigenvalue weighted by molar-refractivity contribution is 6.95. The summed E-state index contributed by atoms with van der Waals surface area (Å²) in [6.45, 7) is 6.78. The average Bonchev–Trinajstić information content (AvgIpc) is 3.12. The highest BCUT2D eigenvalue weighted by Gasteiger charge is 2.41. The van der Waals surface area contributed by atoms with Crippen molar-refractivity contribution in [3.63, 3.8) is 0 Å². The van der Waals surface area contributed by atoms with Gasteiger partial charge in [0.25, 0.3) is 0 Å². The van der Waals surface area contributed by atoms with E-state index in [0.29, 0.717) is 23.3 Å². The third kappa shape index (κ3) is 3.62. The third-order valence-corrected chi connectivity index (χ3v) is 6.73. The number of rotatable bonds is 7. The zero-order valence-corrected chi connectivity index (χ0v) is 18.3. The zero-order chi connectivity index (χ0) is 21.3. The molecule has 4 nitrogen and oxygen atoms in total. The lowest BCUT2D eigenvalue weighted by atomic mass is 9.36. The molecule has 1 aliphatic heterocycles. The van der Waals surface area contributed by atoms with Crippen molar-refractivity contribution in [2.45, 2.75) is 52.2 Å². The number of fused-ring (bicyclic) bond motifs is 2. The Bertz CT molecular complexity index is 1080. The van der Waals surface area contributed by atoms with Crippen LogP contribution in [0.15, 0.2) is 42.5 Å². The second-order valence-corrected chi connectivity index (χ2v) is 8.56. The molecular weight excluding hydrogens is 371 g/mol. The molecule has 1 aliphatic rings. The van der Waals surface area contributed by atoms with Gasteiger partial charge in [-0.25, -0.2) is 9.97 Å². The molecule has 2 aromatic carbocycles. The van der Waals surface area contributed by atoms with E-state index in [0.717, 1.165) is 34.0 Å². The number of carbonyl (C=O) groups is 1. The molecule has 0 saturated heterocycles. The summed E-state index contributed by atoms with van der Waals surface area (Å²) in [7, 11) is 1.62. The molecule has 154 valence electrons.